The average Bonchev–Trinajstić information content (AvgIpc) is 3.38. The van der Waals surface area contributed by atoms with Gasteiger partial charge in [-0.15, -0.1) is 12.4 Å². The number of aromatic amines is 1. The molecule has 0 spiro atoms. The van der Waals surface area contributed by atoms with Crippen LogP contribution in [-0.2, 0) is 4.79 Å². The van der Waals surface area contributed by atoms with E-state index in [1.807, 2.05) is 13.2 Å². The number of nitrogens with zero attached hydrogens (tertiary/aromatic N) is 2. The van der Waals surface area contributed by atoms with Crippen LogP contribution in [0.4, 0.5) is 11.4 Å². The fourth-order valence-corrected chi connectivity index (χ4v) is 3.72. The number of pyridine rings is 1. The number of likely N-dealkylation sites (N-methyl/N-ethyl adjacent to an activating group) is 1. The second kappa shape index (κ2) is 7.40. The van der Waals surface area contributed by atoms with Crippen LogP contribution in [0.1, 0.15) is 25.7 Å². The number of hydrogen-bond acceptors (Lipinski definition) is 4. The molecule has 6 nitrogen and oxygen atoms in total. The molecule has 0 aromatic carbocycles. The third kappa shape index (κ3) is 3.57. The number of H-pyrrole nitrogens is 1. The van der Waals surface area contributed by atoms with Gasteiger partial charge in [0.1, 0.15) is 5.65 Å². The fraction of sp³-hybridized carbons (Fsp3) is 0.529. The fourth-order valence-electron chi connectivity index (χ4n) is 3.46. The van der Waals surface area contributed by atoms with Crippen LogP contribution in [0.2, 0.25) is 5.02 Å². The van der Waals surface area contributed by atoms with Gasteiger partial charge in [0.2, 0.25) is 5.91 Å². The summed E-state index contributed by atoms with van der Waals surface area (Å²) < 4.78 is 0. The molecule has 1 aliphatic heterocycles. The summed E-state index contributed by atoms with van der Waals surface area (Å²) in [6.07, 6.45) is 7.74. The SMILES string of the molecule is CN[C@@H]1CCCN(c2c(Cl)cnc3[nH]cc(NC(=O)C4CC4)c23)C1.Cl. The van der Waals surface area contributed by atoms with E-state index in [2.05, 4.69) is 25.5 Å². The van der Waals surface area contributed by atoms with E-state index in [0.717, 1.165) is 61.2 Å². The summed E-state index contributed by atoms with van der Waals surface area (Å²) in [6.45, 7) is 1.86. The summed E-state index contributed by atoms with van der Waals surface area (Å²) in [5, 5.41) is 7.94. The van der Waals surface area contributed by atoms with E-state index in [4.69, 9.17) is 11.6 Å². The molecular weight excluding hydrogens is 361 g/mol. The maximum atomic E-state index is 12.2. The first-order valence-corrected chi connectivity index (χ1v) is 8.94. The Morgan fingerprint density at radius 3 is 2.92 bits per heavy atom. The summed E-state index contributed by atoms with van der Waals surface area (Å²) >= 11 is 6.52. The number of hydrogen-bond donors (Lipinski definition) is 3. The molecule has 4 rings (SSSR count). The highest BCUT2D eigenvalue weighted by atomic mass is 35.5. The van der Waals surface area contributed by atoms with Gasteiger partial charge in [0.15, 0.2) is 0 Å². The Morgan fingerprint density at radius 1 is 1.40 bits per heavy atom. The molecule has 1 aliphatic carbocycles. The molecule has 25 heavy (non-hydrogen) atoms. The topological polar surface area (TPSA) is 73.1 Å². The van der Waals surface area contributed by atoms with Gasteiger partial charge in [0.05, 0.1) is 28.0 Å². The Balaban J connectivity index is 0.00000182. The van der Waals surface area contributed by atoms with Crippen LogP contribution in [0.15, 0.2) is 12.4 Å². The third-order valence-corrected chi connectivity index (χ3v) is 5.26. The number of fused-ring (bicyclic) bond motifs is 1. The molecule has 0 unspecified atom stereocenters. The van der Waals surface area contributed by atoms with Crippen LogP contribution in [0.3, 0.4) is 0 Å². The van der Waals surface area contributed by atoms with Crippen molar-refractivity contribution in [2.75, 3.05) is 30.4 Å². The number of amides is 1. The van der Waals surface area contributed by atoms with Gasteiger partial charge < -0.3 is 20.5 Å². The Morgan fingerprint density at radius 2 is 2.20 bits per heavy atom. The quantitative estimate of drug-likeness (QED) is 0.757. The number of aromatic nitrogens is 2. The van der Waals surface area contributed by atoms with E-state index in [9.17, 15) is 4.79 Å². The molecule has 3 N–H and O–H groups in total. The second-order valence-electron chi connectivity index (χ2n) is 6.72. The lowest BCUT2D eigenvalue weighted by atomic mass is 10.0. The average molecular weight is 384 g/mol. The van der Waals surface area contributed by atoms with Gasteiger partial charge in [0.25, 0.3) is 0 Å². The molecule has 1 atom stereocenters. The van der Waals surface area contributed by atoms with E-state index < -0.39 is 0 Å². The van der Waals surface area contributed by atoms with Crippen LogP contribution < -0.4 is 15.5 Å². The van der Waals surface area contributed by atoms with Crippen molar-refractivity contribution in [2.45, 2.75) is 31.7 Å². The normalized spacial score (nSPS) is 20.4. The number of nitrogens with one attached hydrogen (secondary N) is 3. The van der Waals surface area contributed by atoms with Crippen LogP contribution >= 0.6 is 24.0 Å². The summed E-state index contributed by atoms with van der Waals surface area (Å²) in [7, 11) is 2.00. The first-order chi connectivity index (χ1) is 11.7. The van der Waals surface area contributed by atoms with Crippen molar-refractivity contribution in [3.05, 3.63) is 17.4 Å². The Bertz CT molecular complexity index is 774. The van der Waals surface area contributed by atoms with Gasteiger partial charge in [-0.2, -0.15) is 0 Å². The Labute approximate surface area is 158 Å². The standard InChI is InChI=1S/C17H22ClN5O.ClH/c1-19-11-3-2-6-23(9-11)15-12(18)7-20-16-14(15)13(8-21-16)22-17(24)10-4-5-10;/h7-8,10-11,19H,2-6,9H2,1H3,(H,20,21)(H,22,24);1H/t11-;/m1./s1. The van der Waals surface area contributed by atoms with Gasteiger partial charge in [-0.25, -0.2) is 4.98 Å². The Kier molecular flexibility index (Phi) is 5.41. The van der Waals surface area contributed by atoms with E-state index in [0.29, 0.717) is 11.1 Å². The van der Waals surface area contributed by atoms with Gasteiger partial charge in [-0.1, -0.05) is 11.6 Å². The molecule has 1 amide bonds. The van der Waals surface area contributed by atoms with Crippen molar-refractivity contribution in [3.8, 4) is 0 Å². The van der Waals surface area contributed by atoms with Crippen molar-refractivity contribution >= 4 is 52.3 Å². The van der Waals surface area contributed by atoms with Crippen molar-refractivity contribution in [2.24, 2.45) is 5.92 Å². The molecule has 0 bridgehead atoms. The highest BCUT2D eigenvalue weighted by Crippen LogP contribution is 2.39. The summed E-state index contributed by atoms with van der Waals surface area (Å²) in [4.78, 5) is 22.0. The van der Waals surface area contributed by atoms with Gasteiger partial charge in [-0.05, 0) is 32.7 Å². The van der Waals surface area contributed by atoms with Gasteiger partial charge >= 0.3 is 0 Å². The molecular formula is C17H23Cl2N5O. The maximum absolute atomic E-state index is 12.2. The monoisotopic (exact) mass is 383 g/mol. The number of rotatable bonds is 4. The summed E-state index contributed by atoms with van der Waals surface area (Å²) in [5.41, 5.74) is 2.50. The predicted octanol–water partition coefficient (Wildman–Crippen LogP) is 3.17. The number of piperidine rings is 1. The first-order valence-electron chi connectivity index (χ1n) is 8.56. The second-order valence-corrected chi connectivity index (χ2v) is 7.13. The molecule has 1 saturated heterocycles. The number of anilines is 2. The highest BCUT2D eigenvalue weighted by Gasteiger charge is 2.31. The first kappa shape index (κ1) is 18.3. The van der Waals surface area contributed by atoms with Crippen LogP contribution in [0.5, 0.6) is 0 Å². The van der Waals surface area contributed by atoms with Crippen LogP contribution in [0, 0.1) is 5.92 Å². The lowest BCUT2D eigenvalue weighted by molar-refractivity contribution is -0.117. The third-order valence-electron chi connectivity index (χ3n) is 4.98. The smallest absolute Gasteiger partial charge is 0.227 e. The highest BCUT2D eigenvalue weighted by molar-refractivity contribution is 6.35. The molecule has 136 valence electrons. The predicted molar refractivity (Wildman–Crippen MR) is 104 cm³/mol. The van der Waals surface area contributed by atoms with Crippen molar-refractivity contribution in [1.29, 1.82) is 0 Å². The zero-order valence-electron chi connectivity index (χ0n) is 14.1. The van der Waals surface area contributed by atoms with Gasteiger partial charge in [-0.3, -0.25) is 4.79 Å². The molecule has 2 aliphatic rings. The molecule has 3 heterocycles. The minimum absolute atomic E-state index is 0. The zero-order valence-corrected chi connectivity index (χ0v) is 15.7. The van der Waals surface area contributed by atoms with E-state index in [-0.39, 0.29) is 24.2 Å². The Hall–Kier alpha value is -1.50. The van der Waals surface area contributed by atoms with Gasteiger partial charge in [0, 0.05) is 31.2 Å². The van der Waals surface area contributed by atoms with Crippen molar-refractivity contribution < 1.29 is 4.79 Å². The molecule has 1 saturated carbocycles. The number of carbonyl (C=O) groups is 1. The van der Waals surface area contributed by atoms with Crippen LogP contribution in [-0.4, -0.2) is 42.1 Å². The molecule has 2 fully saturated rings. The van der Waals surface area contributed by atoms with Crippen molar-refractivity contribution in [3.63, 3.8) is 0 Å². The summed E-state index contributed by atoms with van der Waals surface area (Å²) in [5.74, 6) is 0.253. The summed E-state index contributed by atoms with van der Waals surface area (Å²) in [6, 6.07) is 0.446. The minimum atomic E-state index is 0. The van der Waals surface area contributed by atoms with E-state index in [1.54, 1.807) is 6.20 Å². The number of carbonyl (C=O) groups excluding carboxylic acids is 1. The number of halogens is 2. The van der Waals surface area contributed by atoms with E-state index >= 15 is 0 Å². The molecule has 2 aromatic heterocycles. The molecule has 8 heteroatoms. The minimum Gasteiger partial charge on any atom is -0.368 e. The van der Waals surface area contributed by atoms with Crippen molar-refractivity contribution in [1.82, 2.24) is 15.3 Å². The molecule has 2 aromatic rings. The lowest BCUT2D eigenvalue weighted by Crippen LogP contribution is -2.44. The maximum Gasteiger partial charge on any atom is 0.227 e. The molecule has 0 radical (unpaired) electrons. The van der Waals surface area contributed by atoms with Crippen LogP contribution in [0.25, 0.3) is 11.0 Å². The lowest BCUT2D eigenvalue weighted by Gasteiger charge is -2.35. The zero-order chi connectivity index (χ0) is 16.7. The largest absolute Gasteiger partial charge is 0.368 e. The van der Waals surface area contributed by atoms with E-state index in [1.165, 1.54) is 0 Å².